The molecule has 0 unspecified atom stereocenters. The van der Waals surface area contributed by atoms with Crippen molar-refractivity contribution in [2.45, 2.75) is 43.5 Å². The van der Waals surface area contributed by atoms with Gasteiger partial charge in [0.25, 0.3) is 5.91 Å². The second-order valence-corrected chi connectivity index (χ2v) is 11.3. The average molecular weight is 548 g/mol. The van der Waals surface area contributed by atoms with E-state index in [-0.39, 0.29) is 27.4 Å². The Hall–Kier alpha value is -2.65. The van der Waals surface area contributed by atoms with Crippen LogP contribution in [0, 0.1) is 0 Å². The van der Waals surface area contributed by atoms with Crippen molar-refractivity contribution < 1.29 is 18.0 Å². The van der Waals surface area contributed by atoms with Crippen LogP contribution in [0.15, 0.2) is 59.5 Å². The highest BCUT2D eigenvalue weighted by molar-refractivity contribution is 7.89. The lowest BCUT2D eigenvalue weighted by Crippen LogP contribution is -2.46. The summed E-state index contributed by atoms with van der Waals surface area (Å²) in [5, 5.41) is 4.53. The van der Waals surface area contributed by atoms with Gasteiger partial charge < -0.3 is 10.2 Å². The number of amides is 2. The second-order valence-electron chi connectivity index (χ2n) is 8.76. The van der Waals surface area contributed by atoms with Gasteiger partial charge in [0.15, 0.2) is 0 Å². The van der Waals surface area contributed by atoms with Gasteiger partial charge in [0.05, 0.1) is 15.5 Å². The van der Waals surface area contributed by atoms with Gasteiger partial charge >= 0.3 is 0 Å². The molecule has 2 amide bonds. The third kappa shape index (κ3) is 5.83. The van der Waals surface area contributed by atoms with Crippen LogP contribution < -0.4 is 10.0 Å². The van der Waals surface area contributed by atoms with Crippen LogP contribution in [0.3, 0.4) is 0 Å². The van der Waals surface area contributed by atoms with Crippen molar-refractivity contribution in [1.82, 2.24) is 9.62 Å². The van der Waals surface area contributed by atoms with E-state index in [4.69, 9.17) is 23.2 Å². The van der Waals surface area contributed by atoms with E-state index < -0.39 is 15.9 Å². The summed E-state index contributed by atoms with van der Waals surface area (Å²) in [5.74, 6) is -0.317. The zero-order chi connectivity index (χ0) is 25.9. The minimum absolute atomic E-state index is 0.113. The molecule has 0 aromatic heterocycles. The zero-order valence-corrected chi connectivity index (χ0v) is 22.1. The van der Waals surface area contributed by atoms with E-state index in [9.17, 15) is 18.0 Å². The van der Waals surface area contributed by atoms with Crippen molar-refractivity contribution in [2.24, 2.45) is 0 Å². The Morgan fingerprint density at radius 2 is 1.69 bits per heavy atom. The first kappa shape index (κ1) is 26.4. The molecule has 1 heterocycles. The van der Waals surface area contributed by atoms with Crippen molar-refractivity contribution in [3.8, 4) is 0 Å². The number of anilines is 1. The Balaban J connectivity index is 1.55. The summed E-state index contributed by atoms with van der Waals surface area (Å²) < 4.78 is 29.5. The quantitative estimate of drug-likeness (QED) is 0.410. The molecule has 3 aromatic carbocycles. The third-order valence-electron chi connectivity index (χ3n) is 6.23. The number of nitrogens with zero attached hydrogens (tertiary/aromatic N) is 1. The van der Waals surface area contributed by atoms with Crippen molar-refractivity contribution >= 4 is 61.5 Å². The van der Waals surface area contributed by atoms with Crippen molar-refractivity contribution in [1.29, 1.82) is 0 Å². The van der Waals surface area contributed by atoms with Crippen LogP contribution in [0.4, 0.5) is 5.69 Å². The number of rotatable bonds is 7. The number of halogens is 2. The lowest BCUT2D eigenvalue weighted by molar-refractivity contribution is -0.132. The monoisotopic (exact) mass is 547 g/mol. The molecule has 3 aromatic rings. The normalized spacial score (nSPS) is 14.7. The molecule has 0 aliphatic carbocycles. The van der Waals surface area contributed by atoms with Crippen molar-refractivity contribution in [3.05, 3.63) is 70.2 Å². The summed E-state index contributed by atoms with van der Waals surface area (Å²) in [7, 11) is -3.85. The van der Waals surface area contributed by atoms with E-state index in [1.165, 1.54) is 18.2 Å². The van der Waals surface area contributed by atoms with Gasteiger partial charge in [0.1, 0.15) is 0 Å². The number of likely N-dealkylation sites (tertiary alicyclic amines) is 1. The first-order chi connectivity index (χ1) is 17.2. The summed E-state index contributed by atoms with van der Waals surface area (Å²) in [4.78, 5) is 26.9. The number of hydrogen-bond acceptors (Lipinski definition) is 4. The molecule has 4 rings (SSSR count). The van der Waals surface area contributed by atoms with Gasteiger partial charge in [-0.3, -0.25) is 9.59 Å². The smallest absolute Gasteiger partial charge is 0.257 e. The molecule has 0 spiro atoms. The molecule has 10 heteroatoms. The summed E-state index contributed by atoms with van der Waals surface area (Å²) in [6.45, 7) is 3.03. The van der Waals surface area contributed by atoms with Gasteiger partial charge in [-0.05, 0) is 49.6 Å². The Morgan fingerprint density at radius 3 is 2.36 bits per heavy atom. The van der Waals surface area contributed by atoms with Crippen LogP contribution >= 0.6 is 23.2 Å². The highest BCUT2D eigenvalue weighted by Gasteiger charge is 2.27. The van der Waals surface area contributed by atoms with E-state index in [0.717, 1.165) is 6.42 Å². The molecule has 0 atom stereocenters. The molecule has 36 heavy (non-hydrogen) atoms. The van der Waals surface area contributed by atoms with Crippen molar-refractivity contribution in [2.75, 3.05) is 18.4 Å². The maximum atomic E-state index is 13.4. The maximum Gasteiger partial charge on any atom is 0.257 e. The number of hydrogen-bond donors (Lipinski definition) is 2. The van der Waals surface area contributed by atoms with Gasteiger partial charge in [-0.25, -0.2) is 13.1 Å². The molecule has 0 bridgehead atoms. The number of nitrogens with one attached hydrogen (secondary N) is 2. The third-order valence-corrected chi connectivity index (χ3v) is 8.36. The van der Waals surface area contributed by atoms with Gasteiger partial charge in [-0.1, -0.05) is 54.4 Å². The molecular formula is C26H27Cl2N3O4S. The van der Waals surface area contributed by atoms with Crippen LogP contribution in [-0.4, -0.2) is 44.3 Å². The Morgan fingerprint density at radius 1 is 1.00 bits per heavy atom. The number of sulfonamides is 1. The predicted molar refractivity (Wildman–Crippen MR) is 143 cm³/mol. The molecular weight excluding hydrogens is 521 g/mol. The number of benzene rings is 3. The number of fused-ring (bicyclic) bond motifs is 1. The Kier molecular flexibility index (Phi) is 8.20. The molecule has 1 aliphatic heterocycles. The summed E-state index contributed by atoms with van der Waals surface area (Å²) in [6.07, 6.45) is 2.42. The number of carbonyl (C=O) groups excluding carboxylic acids is 2. The van der Waals surface area contributed by atoms with E-state index in [0.29, 0.717) is 53.8 Å². The molecule has 190 valence electrons. The first-order valence-corrected chi connectivity index (χ1v) is 14.0. The molecule has 1 fully saturated rings. The predicted octanol–water partition coefficient (Wildman–Crippen LogP) is 5.47. The second kappa shape index (κ2) is 11.2. The minimum Gasteiger partial charge on any atom is -0.343 e. The van der Waals surface area contributed by atoms with E-state index >= 15 is 0 Å². The van der Waals surface area contributed by atoms with Gasteiger partial charge in [0, 0.05) is 47.0 Å². The van der Waals surface area contributed by atoms with Crippen LogP contribution in [0.1, 0.15) is 43.0 Å². The van der Waals surface area contributed by atoms with Crippen LogP contribution in [0.5, 0.6) is 0 Å². The van der Waals surface area contributed by atoms with E-state index in [2.05, 4.69) is 10.0 Å². The fraction of sp³-hybridized carbons (Fsp3) is 0.308. The topological polar surface area (TPSA) is 95.6 Å². The SMILES string of the molecule is CCCC(=O)N1CCC(NS(=O)(=O)c2ccc(NC(=O)c3ccc(Cl)cc3Cl)c3ccccc23)CC1. The highest BCUT2D eigenvalue weighted by atomic mass is 35.5. The number of carbonyl (C=O) groups is 2. The van der Waals surface area contributed by atoms with Gasteiger partial charge in [-0.2, -0.15) is 0 Å². The van der Waals surface area contributed by atoms with Gasteiger partial charge in [0.2, 0.25) is 15.9 Å². The lowest BCUT2D eigenvalue weighted by atomic mass is 10.1. The first-order valence-electron chi connectivity index (χ1n) is 11.8. The summed E-state index contributed by atoms with van der Waals surface area (Å²) in [5.41, 5.74) is 0.718. The van der Waals surface area contributed by atoms with Crippen LogP contribution in [0.2, 0.25) is 10.0 Å². The lowest BCUT2D eigenvalue weighted by Gasteiger charge is -2.32. The summed E-state index contributed by atoms with van der Waals surface area (Å²) >= 11 is 12.1. The average Bonchev–Trinajstić information content (AvgIpc) is 2.84. The fourth-order valence-electron chi connectivity index (χ4n) is 4.38. The molecule has 0 saturated carbocycles. The fourth-order valence-corrected chi connectivity index (χ4v) is 6.39. The Labute approximate surface area is 220 Å². The number of piperidine rings is 1. The largest absolute Gasteiger partial charge is 0.343 e. The van der Waals surface area contributed by atoms with Crippen LogP contribution in [0.25, 0.3) is 10.8 Å². The minimum atomic E-state index is -3.85. The highest BCUT2D eigenvalue weighted by Crippen LogP contribution is 2.31. The van der Waals surface area contributed by atoms with Crippen molar-refractivity contribution in [3.63, 3.8) is 0 Å². The van der Waals surface area contributed by atoms with E-state index in [1.807, 2.05) is 6.92 Å². The summed E-state index contributed by atoms with van der Waals surface area (Å²) in [6, 6.07) is 14.4. The van der Waals surface area contributed by atoms with Crippen LogP contribution in [-0.2, 0) is 14.8 Å². The van der Waals surface area contributed by atoms with Gasteiger partial charge in [-0.15, -0.1) is 0 Å². The molecule has 1 aliphatic rings. The molecule has 0 radical (unpaired) electrons. The zero-order valence-electron chi connectivity index (χ0n) is 19.8. The Bertz CT molecular complexity index is 1400. The standard InChI is InChI=1S/C26H27Cl2N3O4S/c1-2-5-25(32)31-14-12-18(13-15-31)30-36(34,35)24-11-10-23(19-6-3-4-7-20(19)24)29-26(33)21-9-8-17(27)16-22(21)28/h3-4,6-11,16,18,30H,2,5,12-15H2,1H3,(H,29,33). The molecule has 2 N–H and O–H groups in total. The molecule has 1 saturated heterocycles. The maximum absolute atomic E-state index is 13.4. The molecule has 7 nitrogen and oxygen atoms in total. The van der Waals surface area contributed by atoms with E-state index in [1.54, 1.807) is 41.3 Å².